The number of nitrogens with one attached hydrogen (secondary N) is 1. The molecule has 31 heavy (non-hydrogen) atoms. The number of hydrogen-bond donors (Lipinski definition) is 1. The Morgan fingerprint density at radius 3 is 2.16 bits per heavy atom. The van der Waals surface area contributed by atoms with Gasteiger partial charge in [0.1, 0.15) is 5.69 Å². The predicted octanol–water partition coefficient (Wildman–Crippen LogP) is 5.41. The van der Waals surface area contributed by atoms with E-state index in [2.05, 4.69) is 16.8 Å². The molecular formula is C27H22N2O2. The summed E-state index contributed by atoms with van der Waals surface area (Å²) in [5.74, 6) is 0. The van der Waals surface area contributed by atoms with Crippen LogP contribution < -0.4 is 16.2 Å². The maximum Gasteiger partial charge on any atom is 0.250 e. The first-order valence-corrected chi connectivity index (χ1v) is 10.4. The molecule has 1 aromatic heterocycles. The summed E-state index contributed by atoms with van der Waals surface area (Å²) in [5.41, 5.74) is 5.68. The maximum absolute atomic E-state index is 12.8. The molecule has 0 amide bonds. The van der Waals surface area contributed by atoms with Gasteiger partial charge in [-0.3, -0.25) is 9.59 Å². The standard InChI is InChI=1S/C27H22N2O2/c1-3-17-13-15-19(16-14-17)28-24-23(26(30)27(24)31)22-20-11-7-8-12-21(20)29(2)25(22)18-9-5-4-6-10-18/h4-16,28H,3H2,1-2H3. The van der Waals surface area contributed by atoms with Crippen molar-refractivity contribution in [2.75, 3.05) is 5.32 Å². The van der Waals surface area contributed by atoms with Crippen LogP contribution in [0, 0.1) is 0 Å². The lowest BCUT2D eigenvalue weighted by Gasteiger charge is -2.16. The van der Waals surface area contributed by atoms with Crippen molar-refractivity contribution in [3.05, 3.63) is 105 Å². The molecule has 0 saturated carbocycles. The van der Waals surface area contributed by atoms with Gasteiger partial charge in [0.25, 0.3) is 5.43 Å². The first-order chi connectivity index (χ1) is 15.1. The first kappa shape index (κ1) is 19.1. The molecule has 0 spiro atoms. The van der Waals surface area contributed by atoms with Crippen molar-refractivity contribution in [2.24, 2.45) is 7.05 Å². The highest BCUT2D eigenvalue weighted by molar-refractivity contribution is 6.08. The molecule has 0 aliphatic carbocycles. The van der Waals surface area contributed by atoms with E-state index in [1.807, 2.05) is 85.9 Å². The molecule has 5 aromatic rings. The molecule has 0 bridgehead atoms. The average molecular weight is 406 g/mol. The Hall–Kier alpha value is -3.92. The van der Waals surface area contributed by atoms with E-state index in [4.69, 9.17) is 0 Å². The number of benzene rings is 3. The summed E-state index contributed by atoms with van der Waals surface area (Å²) in [5, 5.41) is 4.17. The minimum absolute atomic E-state index is 0.364. The molecule has 0 radical (unpaired) electrons. The molecule has 0 atom stereocenters. The predicted molar refractivity (Wildman–Crippen MR) is 128 cm³/mol. The minimum Gasteiger partial charge on any atom is -0.352 e. The van der Waals surface area contributed by atoms with Crippen LogP contribution in [0.5, 0.6) is 0 Å². The molecule has 0 aliphatic rings. The van der Waals surface area contributed by atoms with E-state index in [0.29, 0.717) is 11.3 Å². The molecule has 0 aliphatic heterocycles. The summed E-state index contributed by atoms with van der Waals surface area (Å²) in [6.45, 7) is 2.10. The van der Waals surface area contributed by atoms with Crippen LogP contribution in [0.3, 0.4) is 0 Å². The summed E-state index contributed by atoms with van der Waals surface area (Å²) in [4.78, 5) is 25.4. The summed E-state index contributed by atoms with van der Waals surface area (Å²) in [6.07, 6.45) is 0.947. The second-order valence-corrected chi connectivity index (χ2v) is 7.75. The lowest BCUT2D eigenvalue weighted by Crippen LogP contribution is -2.35. The van der Waals surface area contributed by atoms with E-state index in [0.717, 1.165) is 39.8 Å². The van der Waals surface area contributed by atoms with Crippen LogP contribution in [0.25, 0.3) is 33.3 Å². The fourth-order valence-corrected chi connectivity index (χ4v) is 4.30. The van der Waals surface area contributed by atoms with E-state index < -0.39 is 10.9 Å². The Morgan fingerprint density at radius 2 is 1.45 bits per heavy atom. The summed E-state index contributed by atoms with van der Waals surface area (Å²) in [7, 11) is 2.00. The minimum atomic E-state index is -0.471. The van der Waals surface area contributed by atoms with E-state index in [-0.39, 0.29) is 0 Å². The fraction of sp³-hybridized carbons (Fsp3) is 0.111. The van der Waals surface area contributed by atoms with Gasteiger partial charge in [-0.1, -0.05) is 67.6 Å². The van der Waals surface area contributed by atoms with Crippen LogP contribution in [-0.2, 0) is 13.5 Å². The molecule has 1 heterocycles. The van der Waals surface area contributed by atoms with Crippen molar-refractivity contribution in [2.45, 2.75) is 13.3 Å². The van der Waals surface area contributed by atoms with E-state index in [9.17, 15) is 9.59 Å². The van der Waals surface area contributed by atoms with Gasteiger partial charge < -0.3 is 9.88 Å². The number of hydrogen-bond acceptors (Lipinski definition) is 3. The molecule has 4 aromatic carbocycles. The molecule has 4 nitrogen and oxygen atoms in total. The molecule has 0 unspecified atom stereocenters. The molecule has 1 N–H and O–H groups in total. The van der Waals surface area contributed by atoms with Gasteiger partial charge in [-0.15, -0.1) is 0 Å². The van der Waals surface area contributed by atoms with Gasteiger partial charge in [0.05, 0.1) is 11.3 Å². The largest absolute Gasteiger partial charge is 0.352 e. The highest BCUT2D eigenvalue weighted by atomic mass is 16.2. The Morgan fingerprint density at radius 1 is 0.774 bits per heavy atom. The zero-order valence-corrected chi connectivity index (χ0v) is 17.5. The highest BCUT2D eigenvalue weighted by Crippen LogP contribution is 2.41. The monoisotopic (exact) mass is 406 g/mol. The quantitative estimate of drug-likeness (QED) is 0.397. The summed E-state index contributed by atoms with van der Waals surface area (Å²) < 4.78 is 2.09. The molecule has 5 rings (SSSR count). The van der Waals surface area contributed by atoms with Crippen LogP contribution in [0.4, 0.5) is 11.4 Å². The zero-order valence-electron chi connectivity index (χ0n) is 17.5. The number of para-hydroxylation sites is 1. The maximum atomic E-state index is 12.8. The van der Waals surface area contributed by atoms with Crippen molar-refractivity contribution in [3.8, 4) is 22.4 Å². The summed E-state index contributed by atoms with van der Waals surface area (Å²) in [6, 6.07) is 25.9. The van der Waals surface area contributed by atoms with Crippen LogP contribution in [0.15, 0.2) is 88.5 Å². The Balaban J connectivity index is 1.73. The lowest BCUT2D eigenvalue weighted by molar-refractivity contribution is 0.979. The molecular weight excluding hydrogens is 384 g/mol. The summed E-state index contributed by atoms with van der Waals surface area (Å²) >= 11 is 0. The van der Waals surface area contributed by atoms with Crippen LogP contribution >= 0.6 is 0 Å². The van der Waals surface area contributed by atoms with Gasteiger partial charge in [-0.25, -0.2) is 0 Å². The third-order valence-electron chi connectivity index (χ3n) is 5.95. The first-order valence-electron chi connectivity index (χ1n) is 10.4. The molecule has 4 heteroatoms. The van der Waals surface area contributed by atoms with E-state index in [1.165, 1.54) is 5.56 Å². The van der Waals surface area contributed by atoms with Gasteiger partial charge in [-0.05, 0) is 35.7 Å². The van der Waals surface area contributed by atoms with Gasteiger partial charge in [0, 0.05) is 29.2 Å². The second-order valence-electron chi connectivity index (χ2n) is 7.75. The number of rotatable bonds is 5. The average Bonchev–Trinajstić information content (AvgIpc) is 3.11. The van der Waals surface area contributed by atoms with Crippen molar-refractivity contribution >= 4 is 22.3 Å². The lowest BCUT2D eigenvalue weighted by atomic mass is 9.93. The Labute approximate surface area is 180 Å². The molecule has 0 fully saturated rings. The SMILES string of the molecule is CCc1ccc(Nc2c(-c3c(-c4ccccc4)n(C)c4ccccc34)c(=O)c2=O)cc1. The van der Waals surface area contributed by atoms with Crippen LogP contribution in [0.2, 0.25) is 0 Å². The molecule has 0 saturated heterocycles. The van der Waals surface area contributed by atoms with Crippen molar-refractivity contribution in [1.29, 1.82) is 0 Å². The van der Waals surface area contributed by atoms with Crippen molar-refractivity contribution in [1.82, 2.24) is 4.57 Å². The fourth-order valence-electron chi connectivity index (χ4n) is 4.30. The third kappa shape index (κ3) is 2.99. The van der Waals surface area contributed by atoms with Crippen molar-refractivity contribution < 1.29 is 0 Å². The normalized spacial score (nSPS) is 11.3. The smallest absolute Gasteiger partial charge is 0.250 e. The number of fused-ring (bicyclic) bond motifs is 1. The highest BCUT2D eigenvalue weighted by Gasteiger charge is 2.29. The number of anilines is 2. The van der Waals surface area contributed by atoms with Gasteiger partial charge in [-0.2, -0.15) is 0 Å². The second kappa shape index (κ2) is 7.40. The zero-order chi connectivity index (χ0) is 21.5. The van der Waals surface area contributed by atoms with Crippen LogP contribution in [-0.4, -0.2) is 4.57 Å². The van der Waals surface area contributed by atoms with Gasteiger partial charge in [0.2, 0.25) is 5.43 Å². The Kier molecular flexibility index (Phi) is 4.55. The van der Waals surface area contributed by atoms with E-state index >= 15 is 0 Å². The van der Waals surface area contributed by atoms with E-state index in [1.54, 1.807) is 0 Å². The molecule has 152 valence electrons. The van der Waals surface area contributed by atoms with Gasteiger partial charge in [0.15, 0.2) is 0 Å². The third-order valence-corrected chi connectivity index (χ3v) is 5.95. The Bertz CT molecular complexity index is 1470. The number of nitrogens with zero attached hydrogens (tertiary/aromatic N) is 1. The number of aryl methyl sites for hydroxylation is 2. The van der Waals surface area contributed by atoms with Crippen molar-refractivity contribution in [3.63, 3.8) is 0 Å². The topological polar surface area (TPSA) is 51.1 Å². The van der Waals surface area contributed by atoms with Crippen LogP contribution in [0.1, 0.15) is 12.5 Å². The van der Waals surface area contributed by atoms with Gasteiger partial charge >= 0.3 is 0 Å². The number of aromatic nitrogens is 1.